The minimum atomic E-state index is -0.902. The van der Waals surface area contributed by atoms with Crippen LogP contribution < -0.4 is 5.32 Å². The molecule has 2 amide bonds. The summed E-state index contributed by atoms with van der Waals surface area (Å²) in [7, 11) is 3.96. The SMILES string of the molecule is C=CCN1C(=O)C(C=NCCCN(C)C)C(=O)NC1=S. The Morgan fingerprint density at radius 3 is 2.80 bits per heavy atom. The molecule has 1 heterocycles. The topological polar surface area (TPSA) is 65.0 Å². The Hall–Kier alpha value is -1.60. The van der Waals surface area contributed by atoms with Crippen LogP contribution >= 0.6 is 12.2 Å². The van der Waals surface area contributed by atoms with Crippen LogP contribution in [-0.4, -0.2) is 66.7 Å². The van der Waals surface area contributed by atoms with Crippen molar-refractivity contribution >= 4 is 35.4 Å². The van der Waals surface area contributed by atoms with Crippen molar-refractivity contribution in [2.24, 2.45) is 10.9 Å². The fourth-order valence-electron chi connectivity index (χ4n) is 1.72. The van der Waals surface area contributed by atoms with Crippen LogP contribution in [0.1, 0.15) is 6.42 Å². The smallest absolute Gasteiger partial charge is 0.247 e. The van der Waals surface area contributed by atoms with Gasteiger partial charge in [0.2, 0.25) is 11.8 Å². The van der Waals surface area contributed by atoms with E-state index >= 15 is 0 Å². The Morgan fingerprint density at radius 2 is 2.20 bits per heavy atom. The Morgan fingerprint density at radius 1 is 1.50 bits per heavy atom. The van der Waals surface area contributed by atoms with E-state index in [2.05, 4.69) is 21.8 Å². The molecule has 1 aliphatic rings. The van der Waals surface area contributed by atoms with Crippen molar-refractivity contribution in [3.8, 4) is 0 Å². The van der Waals surface area contributed by atoms with Crippen LogP contribution in [0.3, 0.4) is 0 Å². The highest BCUT2D eigenvalue weighted by molar-refractivity contribution is 7.80. The highest BCUT2D eigenvalue weighted by atomic mass is 32.1. The molecule has 6 nitrogen and oxygen atoms in total. The number of rotatable bonds is 7. The van der Waals surface area contributed by atoms with Crippen LogP contribution in [0.5, 0.6) is 0 Å². The van der Waals surface area contributed by atoms with Crippen LogP contribution in [0.2, 0.25) is 0 Å². The Kier molecular flexibility index (Phi) is 6.47. The van der Waals surface area contributed by atoms with Crippen LogP contribution in [0, 0.1) is 5.92 Å². The lowest BCUT2D eigenvalue weighted by molar-refractivity contribution is -0.137. The Labute approximate surface area is 124 Å². The fraction of sp³-hybridized carbons (Fsp3) is 0.538. The van der Waals surface area contributed by atoms with Crippen molar-refractivity contribution in [2.45, 2.75) is 6.42 Å². The van der Waals surface area contributed by atoms with Crippen LogP contribution in [0.4, 0.5) is 0 Å². The average Bonchev–Trinajstić information content (AvgIpc) is 2.37. The second-order valence-corrected chi connectivity index (χ2v) is 5.11. The van der Waals surface area contributed by atoms with E-state index < -0.39 is 11.8 Å². The van der Waals surface area contributed by atoms with E-state index in [0.29, 0.717) is 6.54 Å². The first-order chi connectivity index (χ1) is 9.47. The van der Waals surface area contributed by atoms with Gasteiger partial charge in [-0.3, -0.25) is 19.5 Å². The van der Waals surface area contributed by atoms with E-state index in [1.807, 2.05) is 14.1 Å². The minimum absolute atomic E-state index is 0.122. The summed E-state index contributed by atoms with van der Waals surface area (Å²) >= 11 is 4.96. The first-order valence-corrected chi connectivity index (χ1v) is 6.80. The quantitative estimate of drug-likeness (QED) is 0.237. The lowest BCUT2D eigenvalue weighted by Gasteiger charge is -2.29. The Bertz CT molecular complexity index is 434. The predicted octanol–water partition coefficient (Wildman–Crippen LogP) is 0.0544. The summed E-state index contributed by atoms with van der Waals surface area (Å²) in [6, 6.07) is 0. The number of amides is 2. The maximum atomic E-state index is 12.1. The van der Waals surface area contributed by atoms with Gasteiger partial charge < -0.3 is 10.2 Å². The number of carbonyl (C=O) groups excluding carboxylic acids is 2. The summed E-state index contributed by atoms with van der Waals surface area (Å²) in [5, 5.41) is 2.63. The van der Waals surface area contributed by atoms with Gasteiger partial charge in [0.25, 0.3) is 0 Å². The van der Waals surface area contributed by atoms with Crippen molar-refractivity contribution in [3.63, 3.8) is 0 Å². The van der Waals surface area contributed by atoms with E-state index in [4.69, 9.17) is 12.2 Å². The number of nitrogens with one attached hydrogen (secondary N) is 1. The molecule has 0 aromatic heterocycles. The number of hydrogen-bond donors (Lipinski definition) is 1. The molecule has 1 aliphatic heterocycles. The van der Waals surface area contributed by atoms with Crippen molar-refractivity contribution in [1.82, 2.24) is 15.1 Å². The van der Waals surface area contributed by atoms with Crippen molar-refractivity contribution in [1.29, 1.82) is 0 Å². The average molecular weight is 296 g/mol. The molecule has 1 unspecified atom stereocenters. The summed E-state index contributed by atoms with van der Waals surface area (Å²) in [6.07, 6.45) is 3.85. The lowest BCUT2D eigenvalue weighted by Crippen LogP contribution is -2.58. The summed E-state index contributed by atoms with van der Waals surface area (Å²) in [6.45, 7) is 5.34. The standard InChI is InChI=1S/C13H20N4O2S/c1-4-7-17-12(19)10(11(18)15-13(17)20)9-14-6-5-8-16(2)3/h4,9-10H,1,5-8H2,2-3H3,(H,15,18,20). The highest BCUT2D eigenvalue weighted by Crippen LogP contribution is 2.09. The van der Waals surface area contributed by atoms with Gasteiger partial charge in [0.1, 0.15) is 0 Å². The monoisotopic (exact) mass is 296 g/mol. The van der Waals surface area contributed by atoms with E-state index in [1.165, 1.54) is 11.1 Å². The molecule has 1 atom stereocenters. The highest BCUT2D eigenvalue weighted by Gasteiger charge is 2.36. The third kappa shape index (κ3) is 4.50. The van der Waals surface area contributed by atoms with Gasteiger partial charge in [0.05, 0.1) is 0 Å². The number of aliphatic imine (C=N–C) groups is 1. The molecule has 1 rings (SSSR count). The molecule has 20 heavy (non-hydrogen) atoms. The normalized spacial score (nSPS) is 19.9. The molecule has 0 aromatic carbocycles. The molecular weight excluding hydrogens is 276 g/mol. The molecule has 7 heteroatoms. The van der Waals surface area contributed by atoms with Crippen molar-refractivity contribution in [2.75, 3.05) is 33.7 Å². The van der Waals surface area contributed by atoms with Crippen LogP contribution in [0.15, 0.2) is 17.6 Å². The molecule has 0 spiro atoms. The Balaban J connectivity index is 2.60. The molecule has 0 radical (unpaired) electrons. The molecule has 0 bridgehead atoms. The van der Waals surface area contributed by atoms with Gasteiger partial charge in [-0.15, -0.1) is 6.58 Å². The van der Waals surface area contributed by atoms with Gasteiger partial charge in [-0.25, -0.2) is 0 Å². The van der Waals surface area contributed by atoms with E-state index in [9.17, 15) is 9.59 Å². The fourth-order valence-corrected chi connectivity index (χ4v) is 1.99. The van der Waals surface area contributed by atoms with Gasteiger partial charge in [0.15, 0.2) is 11.0 Å². The maximum Gasteiger partial charge on any atom is 0.247 e. The van der Waals surface area contributed by atoms with Gasteiger partial charge in [-0.1, -0.05) is 6.08 Å². The molecular formula is C13H20N4O2S. The summed E-state index contributed by atoms with van der Waals surface area (Å²) in [5.74, 6) is -1.67. The third-order valence-corrected chi connectivity index (χ3v) is 3.07. The molecule has 110 valence electrons. The molecule has 0 aliphatic carbocycles. The first kappa shape index (κ1) is 16.5. The number of carbonyl (C=O) groups is 2. The van der Waals surface area contributed by atoms with Crippen LogP contribution in [-0.2, 0) is 9.59 Å². The predicted molar refractivity (Wildman–Crippen MR) is 82.7 cm³/mol. The summed E-state index contributed by atoms with van der Waals surface area (Å²) < 4.78 is 0. The lowest BCUT2D eigenvalue weighted by atomic mass is 10.1. The molecule has 0 aromatic rings. The summed E-state index contributed by atoms with van der Waals surface area (Å²) in [5.41, 5.74) is 0. The van der Waals surface area contributed by atoms with Gasteiger partial charge in [0, 0.05) is 19.3 Å². The van der Waals surface area contributed by atoms with Crippen LogP contribution in [0.25, 0.3) is 0 Å². The second-order valence-electron chi connectivity index (χ2n) is 4.72. The van der Waals surface area contributed by atoms with E-state index in [0.717, 1.165) is 13.0 Å². The zero-order valence-electron chi connectivity index (χ0n) is 11.8. The molecule has 1 saturated heterocycles. The van der Waals surface area contributed by atoms with Gasteiger partial charge in [-0.2, -0.15) is 0 Å². The minimum Gasteiger partial charge on any atom is -0.309 e. The number of nitrogens with zero attached hydrogens (tertiary/aromatic N) is 3. The van der Waals surface area contributed by atoms with E-state index in [1.54, 1.807) is 6.08 Å². The maximum absolute atomic E-state index is 12.1. The van der Waals surface area contributed by atoms with E-state index in [-0.39, 0.29) is 17.6 Å². The third-order valence-electron chi connectivity index (χ3n) is 2.75. The molecule has 1 fully saturated rings. The second kappa shape index (κ2) is 7.86. The van der Waals surface area contributed by atoms with Gasteiger partial charge in [-0.05, 0) is 39.3 Å². The largest absolute Gasteiger partial charge is 0.309 e. The zero-order valence-corrected chi connectivity index (χ0v) is 12.7. The molecule has 0 saturated carbocycles. The number of hydrogen-bond acceptors (Lipinski definition) is 5. The van der Waals surface area contributed by atoms with Crippen molar-refractivity contribution in [3.05, 3.63) is 12.7 Å². The first-order valence-electron chi connectivity index (χ1n) is 6.39. The van der Waals surface area contributed by atoms with Crippen molar-refractivity contribution < 1.29 is 9.59 Å². The molecule has 1 N–H and O–H groups in total. The zero-order chi connectivity index (χ0) is 15.1. The summed E-state index contributed by atoms with van der Waals surface area (Å²) in [4.78, 5) is 31.4. The number of thiocarbonyl (C=S) groups is 1. The van der Waals surface area contributed by atoms with Gasteiger partial charge >= 0.3 is 0 Å².